The molecule has 6 nitrogen and oxygen atoms in total. The second-order valence-corrected chi connectivity index (χ2v) is 8.67. The summed E-state index contributed by atoms with van der Waals surface area (Å²) in [6.07, 6.45) is 1.90. The number of hydrazone groups is 1. The molecular weight excluding hydrogens is 412 g/mol. The normalized spacial score (nSPS) is 18.8. The van der Waals surface area contributed by atoms with Crippen molar-refractivity contribution in [2.24, 2.45) is 0 Å². The fraction of sp³-hybridized carbons (Fsp3) is 0.222. The predicted molar refractivity (Wildman–Crippen MR) is 131 cm³/mol. The number of anilines is 1. The van der Waals surface area contributed by atoms with Gasteiger partial charge in [-0.15, -0.1) is 10.1 Å². The number of aryl methyl sites for hydroxylation is 2. The second kappa shape index (κ2) is 9.28. The molecular formula is C27H29N4O2+. The molecule has 0 radical (unpaired) electrons. The Hall–Kier alpha value is -3.93. The number of hydrogen-bond donors (Lipinski definition) is 2. The lowest BCUT2D eigenvalue weighted by molar-refractivity contribution is -0.596. The minimum absolute atomic E-state index is 0.248. The van der Waals surface area contributed by atoms with Gasteiger partial charge in [-0.25, -0.2) is 0 Å². The maximum atomic E-state index is 13.0. The number of rotatable bonds is 5. The van der Waals surface area contributed by atoms with Crippen molar-refractivity contribution in [3.8, 4) is 0 Å². The van der Waals surface area contributed by atoms with E-state index in [0.717, 1.165) is 27.9 Å². The van der Waals surface area contributed by atoms with Gasteiger partial charge in [0.05, 0.1) is 0 Å². The summed E-state index contributed by atoms with van der Waals surface area (Å²) in [4.78, 5) is 28.0. The highest BCUT2D eigenvalue weighted by atomic mass is 16.2. The molecule has 2 amide bonds. The van der Waals surface area contributed by atoms with E-state index in [2.05, 4.69) is 10.7 Å². The first-order valence-electron chi connectivity index (χ1n) is 11.0. The van der Waals surface area contributed by atoms with Gasteiger partial charge in [0.2, 0.25) is 12.3 Å². The number of nitrogens with zero attached hydrogens (tertiary/aromatic N) is 2. The van der Waals surface area contributed by atoms with Crippen LogP contribution in [-0.2, 0) is 4.79 Å². The van der Waals surface area contributed by atoms with E-state index in [0.29, 0.717) is 5.56 Å². The van der Waals surface area contributed by atoms with Gasteiger partial charge >= 0.3 is 5.91 Å². The molecule has 33 heavy (non-hydrogen) atoms. The van der Waals surface area contributed by atoms with Crippen LogP contribution >= 0.6 is 0 Å². The number of hydrazine groups is 1. The van der Waals surface area contributed by atoms with Crippen molar-refractivity contribution in [2.45, 2.75) is 25.9 Å². The third-order valence-electron chi connectivity index (χ3n) is 5.85. The lowest BCUT2D eigenvalue weighted by Crippen LogP contribution is -2.42. The first kappa shape index (κ1) is 22.3. The van der Waals surface area contributed by atoms with E-state index >= 15 is 0 Å². The van der Waals surface area contributed by atoms with Gasteiger partial charge in [-0.05, 0) is 50.2 Å². The number of nitrogens with one attached hydrogen (secondary N) is 2. The third-order valence-corrected chi connectivity index (χ3v) is 5.85. The standard InChI is InChI=1S/C27H28N4O2/c1-18-5-11-21(12-6-18)25-24(28-26(32)22-13-7-19(2)8-14-22)27(33)29-31(25)17-20-9-15-23(16-10-20)30(3)4/h5-17,24-25H,1-4H3,(H-,28,29,32,33)/p+1/t24-,25+/m0/s1. The molecule has 0 bridgehead atoms. The Labute approximate surface area is 194 Å². The quantitative estimate of drug-likeness (QED) is 0.597. The van der Waals surface area contributed by atoms with Gasteiger partial charge in [0, 0.05) is 36.5 Å². The molecule has 1 heterocycles. The molecule has 0 unspecified atom stereocenters. The minimum atomic E-state index is -0.737. The Bertz CT molecular complexity index is 1180. The molecule has 4 rings (SSSR count). The van der Waals surface area contributed by atoms with E-state index in [9.17, 15) is 9.59 Å². The van der Waals surface area contributed by atoms with Crippen molar-refractivity contribution in [1.29, 1.82) is 0 Å². The van der Waals surface area contributed by atoms with Crippen LogP contribution in [0.2, 0.25) is 0 Å². The zero-order chi connectivity index (χ0) is 23.5. The molecule has 2 atom stereocenters. The number of benzene rings is 3. The molecule has 3 aromatic rings. The Kier molecular flexibility index (Phi) is 6.27. The highest BCUT2D eigenvalue weighted by Gasteiger charge is 2.47. The maximum Gasteiger partial charge on any atom is 0.304 e. The SMILES string of the molecule is Cc1ccc(C(=O)N[C@@H]2C(=O)N/[N+](=C\c3ccc(N(C)C)cc3)[C@@H]2c2ccc(C)cc2)cc1. The summed E-state index contributed by atoms with van der Waals surface area (Å²) in [5, 5.41) is 2.95. The van der Waals surface area contributed by atoms with Crippen LogP contribution in [0, 0.1) is 13.8 Å². The molecule has 168 valence electrons. The molecule has 1 saturated heterocycles. The van der Waals surface area contributed by atoms with Crippen LogP contribution in [-0.4, -0.2) is 42.9 Å². The molecule has 0 aliphatic carbocycles. The van der Waals surface area contributed by atoms with E-state index in [1.165, 1.54) is 0 Å². The van der Waals surface area contributed by atoms with Crippen molar-refractivity contribution in [1.82, 2.24) is 10.7 Å². The van der Waals surface area contributed by atoms with Gasteiger partial charge in [-0.1, -0.05) is 47.5 Å². The Balaban J connectivity index is 1.68. The monoisotopic (exact) mass is 441 g/mol. The van der Waals surface area contributed by atoms with Crippen LogP contribution in [0.25, 0.3) is 0 Å². The van der Waals surface area contributed by atoms with Crippen molar-refractivity contribution < 1.29 is 14.3 Å². The van der Waals surface area contributed by atoms with E-state index in [1.54, 1.807) is 16.8 Å². The summed E-state index contributed by atoms with van der Waals surface area (Å²) in [7, 11) is 3.99. The summed E-state index contributed by atoms with van der Waals surface area (Å²) in [5.74, 6) is -0.522. The summed E-state index contributed by atoms with van der Waals surface area (Å²) >= 11 is 0. The lowest BCUT2D eigenvalue weighted by Gasteiger charge is -2.15. The number of carbonyl (C=O) groups excluding carboxylic acids is 2. The number of amides is 2. The van der Waals surface area contributed by atoms with Gasteiger partial charge in [-0.3, -0.25) is 9.59 Å². The van der Waals surface area contributed by atoms with Crippen LogP contribution in [0.3, 0.4) is 0 Å². The highest BCUT2D eigenvalue weighted by molar-refractivity contribution is 5.98. The second-order valence-electron chi connectivity index (χ2n) is 8.67. The van der Waals surface area contributed by atoms with Crippen molar-refractivity contribution >= 4 is 23.7 Å². The Morgan fingerprint density at radius 2 is 1.48 bits per heavy atom. The molecule has 6 heteroatoms. The molecule has 0 spiro atoms. The molecule has 2 N–H and O–H groups in total. The predicted octanol–water partition coefficient (Wildman–Crippen LogP) is 3.39. The van der Waals surface area contributed by atoms with Gasteiger partial charge in [0.25, 0.3) is 5.91 Å². The zero-order valence-corrected chi connectivity index (χ0v) is 19.4. The first-order chi connectivity index (χ1) is 15.8. The summed E-state index contributed by atoms with van der Waals surface area (Å²) in [6, 6.07) is 22.3. The van der Waals surface area contributed by atoms with Crippen LogP contribution in [0.4, 0.5) is 5.69 Å². The maximum absolute atomic E-state index is 13.0. The smallest absolute Gasteiger partial charge is 0.304 e. The van der Waals surface area contributed by atoms with Crippen LogP contribution in [0.15, 0.2) is 72.8 Å². The molecule has 1 aliphatic heterocycles. The van der Waals surface area contributed by atoms with Crippen LogP contribution < -0.4 is 15.6 Å². The van der Waals surface area contributed by atoms with Crippen molar-refractivity contribution in [3.63, 3.8) is 0 Å². The fourth-order valence-corrected chi connectivity index (χ4v) is 3.89. The van der Waals surface area contributed by atoms with Gasteiger partial charge in [-0.2, -0.15) is 0 Å². The Morgan fingerprint density at radius 1 is 0.909 bits per heavy atom. The van der Waals surface area contributed by atoms with Gasteiger partial charge in [0.15, 0.2) is 6.04 Å². The summed E-state index contributed by atoms with van der Waals surface area (Å²) < 4.78 is 1.79. The largest absolute Gasteiger partial charge is 0.378 e. The molecule has 0 saturated carbocycles. The highest BCUT2D eigenvalue weighted by Crippen LogP contribution is 2.26. The van der Waals surface area contributed by atoms with E-state index < -0.39 is 6.04 Å². The zero-order valence-electron chi connectivity index (χ0n) is 19.4. The van der Waals surface area contributed by atoms with Crippen LogP contribution in [0.5, 0.6) is 0 Å². The van der Waals surface area contributed by atoms with Gasteiger partial charge in [0.1, 0.15) is 0 Å². The number of hydrogen-bond acceptors (Lipinski definition) is 3. The van der Waals surface area contributed by atoms with Crippen molar-refractivity contribution in [2.75, 3.05) is 19.0 Å². The van der Waals surface area contributed by atoms with E-state index in [4.69, 9.17) is 0 Å². The average Bonchev–Trinajstić information content (AvgIpc) is 3.09. The summed E-state index contributed by atoms with van der Waals surface area (Å²) in [6.45, 7) is 3.99. The average molecular weight is 442 g/mol. The molecule has 1 fully saturated rings. The molecule has 1 aliphatic rings. The van der Waals surface area contributed by atoms with E-state index in [-0.39, 0.29) is 17.9 Å². The van der Waals surface area contributed by atoms with Crippen LogP contribution in [0.1, 0.15) is 38.7 Å². The Morgan fingerprint density at radius 3 is 2.06 bits per heavy atom. The first-order valence-corrected chi connectivity index (χ1v) is 11.0. The molecule has 0 aromatic heterocycles. The van der Waals surface area contributed by atoms with Crippen molar-refractivity contribution in [3.05, 3.63) is 101 Å². The fourth-order valence-electron chi connectivity index (χ4n) is 3.89. The summed E-state index contributed by atoms with van der Waals surface area (Å²) in [5.41, 5.74) is 8.64. The van der Waals surface area contributed by atoms with Gasteiger partial charge < -0.3 is 10.2 Å². The third kappa shape index (κ3) is 4.95. The number of carbonyl (C=O) groups is 2. The molecule has 3 aromatic carbocycles. The minimum Gasteiger partial charge on any atom is -0.378 e. The topological polar surface area (TPSA) is 64.5 Å². The van der Waals surface area contributed by atoms with E-state index in [1.807, 2.05) is 99.7 Å². The lowest BCUT2D eigenvalue weighted by atomic mass is 9.98.